The maximum absolute atomic E-state index is 13.1. The van der Waals surface area contributed by atoms with Crippen LogP contribution in [0, 0.1) is 0 Å². The molecule has 3 rings (SSSR count). The molecule has 1 aliphatic heterocycles. The third kappa shape index (κ3) is 5.02. The number of aliphatic hydroxyl groups excluding tert-OH is 1. The Hall–Kier alpha value is -3.12. The van der Waals surface area contributed by atoms with Crippen molar-refractivity contribution in [1.82, 2.24) is 9.80 Å². The number of hydrogen-bond donors (Lipinski definition) is 1. The van der Waals surface area contributed by atoms with E-state index < -0.39 is 23.5 Å². The molecule has 2 aromatic rings. The summed E-state index contributed by atoms with van der Waals surface area (Å²) in [4.78, 5) is 29.9. The fourth-order valence-electron chi connectivity index (χ4n) is 3.97. The first-order chi connectivity index (χ1) is 15.4. The molecule has 1 N–H and O–H groups in total. The minimum absolute atomic E-state index is 0.106. The Morgan fingerprint density at radius 2 is 1.88 bits per heavy atom. The van der Waals surface area contributed by atoms with Crippen molar-refractivity contribution in [3.8, 4) is 0 Å². The molecule has 32 heavy (non-hydrogen) atoms. The number of allylic oxidation sites excluding steroid dienone is 1. The maximum atomic E-state index is 13.1. The van der Waals surface area contributed by atoms with Crippen LogP contribution in [0.1, 0.15) is 56.5 Å². The third-order valence-electron chi connectivity index (χ3n) is 5.98. The number of rotatable bonds is 10. The summed E-state index contributed by atoms with van der Waals surface area (Å²) in [6.45, 7) is 11.2. The second kappa shape index (κ2) is 10.5. The Kier molecular flexibility index (Phi) is 7.70. The van der Waals surface area contributed by atoms with Gasteiger partial charge in [0, 0.05) is 13.1 Å². The van der Waals surface area contributed by atoms with Crippen LogP contribution in [0.25, 0.3) is 6.08 Å². The van der Waals surface area contributed by atoms with Gasteiger partial charge >= 0.3 is 0 Å². The SMILES string of the molecule is CCN(CC)CCN1C(=O)C(O)=C(C(=O)/C=C/c2ccco2)C1c1ccc(C(C)C)cc1. The molecular formula is C26H32N2O4. The highest BCUT2D eigenvalue weighted by Gasteiger charge is 2.42. The van der Waals surface area contributed by atoms with Crippen molar-refractivity contribution in [3.63, 3.8) is 0 Å². The molecule has 170 valence electrons. The normalized spacial score (nSPS) is 16.9. The molecule has 1 unspecified atom stereocenters. The Labute approximate surface area is 189 Å². The average molecular weight is 437 g/mol. The minimum Gasteiger partial charge on any atom is -0.503 e. The lowest BCUT2D eigenvalue weighted by Crippen LogP contribution is -2.38. The van der Waals surface area contributed by atoms with E-state index in [4.69, 9.17) is 4.42 Å². The number of likely N-dealkylation sites (N-methyl/N-ethyl adjacent to an activating group) is 1. The van der Waals surface area contributed by atoms with E-state index in [1.54, 1.807) is 23.1 Å². The van der Waals surface area contributed by atoms with Gasteiger partial charge in [-0.25, -0.2) is 0 Å². The number of nitrogens with zero attached hydrogens (tertiary/aromatic N) is 2. The monoisotopic (exact) mass is 436 g/mol. The van der Waals surface area contributed by atoms with E-state index in [0.29, 0.717) is 24.8 Å². The Morgan fingerprint density at radius 1 is 1.19 bits per heavy atom. The molecule has 0 radical (unpaired) electrons. The van der Waals surface area contributed by atoms with Gasteiger partial charge in [-0.3, -0.25) is 9.59 Å². The number of carbonyl (C=O) groups is 2. The lowest BCUT2D eigenvalue weighted by Gasteiger charge is -2.29. The van der Waals surface area contributed by atoms with E-state index in [0.717, 1.165) is 18.7 Å². The highest BCUT2D eigenvalue weighted by atomic mass is 16.3. The first-order valence-electron chi connectivity index (χ1n) is 11.2. The van der Waals surface area contributed by atoms with Crippen molar-refractivity contribution in [2.45, 2.75) is 39.7 Å². The zero-order valence-electron chi connectivity index (χ0n) is 19.2. The highest BCUT2D eigenvalue weighted by molar-refractivity contribution is 6.14. The molecular weight excluding hydrogens is 404 g/mol. The molecule has 0 bridgehead atoms. The molecule has 6 heteroatoms. The summed E-state index contributed by atoms with van der Waals surface area (Å²) in [5.41, 5.74) is 2.09. The van der Waals surface area contributed by atoms with Crippen LogP contribution in [0.2, 0.25) is 0 Å². The van der Waals surface area contributed by atoms with Crippen LogP contribution in [0.15, 0.2) is 64.5 Å². The van der Waals surface area contributed by atoms with Crippen LogP contribution in [0.5, 0.6) is 0 Å². The summed E-state index contributed by atoms with van der Waals surface area (Å²) in [5, 5.41) is 10.7. The van der Waals surface area contributed by atoms with Crippen LogP contribution < -0.4 is 0 Å². The predicted octanol–water partition coefficient (Wildman–Crippen LogP) is 4.72. The van der Waals surface area contributed by atoms with E-state index in [1.165, 1.54) is 17.9 Å². The molecule has 1 aliphatic rings. The first kappa shape index (κ1) is 23.5. The van der Waals surface area contributed by atoms with Crippen molar-refractivity contribution in [2.75, 3.05) is 26.2 Å². The van der Waals surface area contributed by atoms with E-state index >= 15 is 0 Å². The van der Waals surface area contributed by atoms with E-state index in [2.05, 4.69) is 32.6 Å². The largest absolute Gasteiger partial charge is 0.503 e. The first-order valence-corrected chi connectivity index (χ1v) is 11.2. The predicted molar refractivity (Wildman–Crippen MR) is 125 cm³/mol. The summed E-state index contributed by atoms with van der Waals surface area (Å²) < 4.78 is 5.25. The number of benzene rings is 1. The third-order valence-corrected chi connectivity index (χ3v) is 5.98. The Morgan fingerprint density at radius 3 is 2.44 bits per heavy atom. The van der Waals surface area contributed by atoms with Gasteiger partial charge in [0.25, 0.3) is 5.91 Å². The summed E-state index contributed by atoms with van der Waals surface area (Å²) >= 11 is 0. The maximum Gasteiger partial charge on any atom is 0.290 e. The van der Waals surface area contributed by atoms with Crippen molar-refractivity contribution in [2.24, 2.45) is 0 Å². The van der Waals surface area contributed by atoms with Crippen LogP contribution in [-0.2, 0) is 9.59 Å². The molecule has 0 spiro atoms. The van der Waals surface area contributed by atoms with Gasteiger partial charge < -0.3 is 19.3 Å². The number of amides is 1. The fourth-order valence-corrected chi connectivity index (χ4v) is 3.97. The van der Waals surface area contributed by atoms with Crippen LogP contribution in [0.4, 0.5) is 0 Å². The molecule has 6 nitrogen and oxygen atoms in total. The molecule has 2 heterocycles. The molecule has 1 aromatic carbocycles. The van der Waals surface area contributed by atoms with Crippen LogP contribution in [-0.4, -0.2) is 52.8 Å². The van der Waals surface area contributed by atoms with E-state index in [1.807, 2.05) is 24.3 Å². The number of ketones is 1. The summed E-state index contributed by atoms with van der Waals surface area (Å²) in [6, 6.07) is 10.8. The molecule has 0 saturated heterocycles. The molecule has 0 saturated carbocycles. The van der Waals surface area contributed by atoms with Gasteiger partial charge in [-0.1, -0.05) is 52.0 Å². The van der Waals surface area contributed by atoms with Gasteiger partial charge in [-0.15, -0.1) is 0 Å². The summed E-state index contributed by atoms with van der Waals surface area (Å²) in [7, 11) is 0. The average Bonchev–Trinajstić information content (AvgIpc) is 3.40. The number of carbonyl (C=O) groups excluding carboxylic acids is 2. The van der Waals surface area contributed by atoms with Crippen molar-refractivity contribution < 1.29 is 19.1 Å². The molecule has 1 amide bonds. The smallest absolute Gasteiger partial charge is 0.290 e. The molecule has 1 aromatic heterocycles. The zero-order chi connectivity index (χ0) is 23.3. The van der Waals surface area contributed by atoms with Gasteiger partial charge in [0.1, 0.15) is 5.76 Å². The van der Waals surface area contributed by atoms with Gasteiger partial charge in [-0.05, 0) is 54.4 Å². The van der Waals surface area contributed by atoms with Gasteiger partial charge in [0.15, 0.2) is 11.5 Å². The van der Waals surface area contributed by atoms with Gasteiger partial charge in [-0.2, -0.15) is 0 Å². The highest BCUT2D eigenvalue weighted by Crippen LogP contribution is 2.38. The molecule has 0 aliphatic carbocycles. The second-order valence-corrected chi connectivity index (χ2v) is 8.22. The van der Waals surface area contributed by atoms with Crippen molar-refractivity contribution in [1.29, 1.82) is 0 Å². The molecule has 1 atom stereocenters. The quantitative estimate of drug-likeness (QED) is 0.546. The second-order valence-electron chi connectivity index (χ2n) is 8.22. The zero-order valence-corrected chi connectivity index (χ0v) is 19.2. The number of hydrogen-bond acceptors (Lipinski definition) is 5. The number of aliphatic hydroxyl groups is 1. The lowest BCUT2D eigenvalue weighted by molar-refractivity contribution is -0.129. The van der Waals surface area contributed by atoms with Crippen molar-refractivity contribution in [3.05, 3.63) is 77.0 Å². The van der Waals surface area contributed by atoms with E-state index in [-0.39, 0.29) is 5.57 Å². The standard InChI is InChI=1S/C26H32N2O4/c1-5-27(6-2)15-16-28-24(20-11-9-19(10-12-20)18(3)4)23(25(30)26(28)31)22(29)14-13-21-8-7-17-32-21/h7-14,17-18,24,30H,5-6,15-16H2,1-4H3/b14-13+. The topological polar surface area (TPSA) is 74.0 Å². The van der Waals surface area contributed by atoms with Crippen LogP contribution in [0.3, 0.4) is 0 Å². The summed E-state index contributed by atoms with van der Waals surface area (Å²) in [6.07, 6.45) is 4.42. The fraction of sp³-hybridized carbons (Fsp3) is 0.385. The number of furan rings is 1. The Balaban J connectivity index is 1.96. The lowest BCUT2D eigenvalue weighted by atomic mass is 9.93. The minimum atomic E-state index is -0.631. The Bertz CT molecular complexity index is 983. The summed E-state index contributed by atoms with van der Waals surface area (Å²) in [5.74, 6) is -0.495. The van der Waals surface area contributed by atoms with E-state index in [9.17, 15) is 14.7 Å². The van der Waals surface area contributed by atoms with Gasteiger partial charge in [0.05, 0.1) is 17.9 Å². The van der Waals surface area contributed by atoms with Gasteiger partial charge in [0.2, 0.25) is 0 Å². The molecule has 0 fully saturated rings. The van der Waals surface area contributed by atoms with Crippen molar-refractivity contribution >= 4 is 17.8 Å². The van der Waals surface area contributed by atoms with Crippen LogP contribution >= 0.6 is 0 Å².